The Morgan fingerprint density at radius 1 is 1.25 bits per heavy atom. The van der Waals surface area contributed by atoms with Crippen molar-refractivity contribution in [1.29, 1.82) is 0 Å². The summed E-state index contributed by atoms with van der Waals surface area (Å²) in [4.78, 5) is 22.7. The fourth-order valence-corrected chi connectivity index (χ4v) is 1.97. The Kier molecular flexibility index (Phi) is 6.73. The lowest BCUT2D eigenvalue weighted by Crippen LogP contribution is -2.40. The van der Waals surface area contributed by atoms with Crippen LogP contribution in [0.1, 0.15) is 44.2 Å². The molecule has 1 aromatic rings. The van der Waals surface area contributed by atoms with Crippen LogP contribution in [0.15, 0.2) is 30.3 Å². The molecule has 0 aliphatic rings. The van der Waals surface area contributed by atoms with E-state index in [0.717, 1.165) is 5.56 Å². The van der Waals surface area contributed by atoms with E-state index in [1.165, 1.54) is 0 Å². The number of carboxylic acids is 1. The highest BCUT2D eigenvalue weighted by Gasteiger charge is 2.19. The first-order valence-electron chi connectivity index (χ1n) is 6.87. The second-order valence-electron chi connectivity index (χ2n) is 4.80. The number of carbonyl (C=O) groups is 2. The van der Waals surface area contributed by atoms with E-state index in [9.17, 15) is 9.59 Å². The second kappa shape index (κ2) is 8.32. The Labute approximate surface area is 119 Å². The Hall–Kier alpha value is -1.88. The molecule has 1 rings (SSSR count). The average molecular weight is 278 g/mol. The molecular weight excluding hydrogens is 256 g/mol. The molecule has 20 heavy (non-hydrogen) atoms. The number of nitrogens with one attached hydrogen (secondary N) is 1. The van der Waals surface area contributed by atoms with E-state index in [0.29, 0.717) is 19.3 Å². The van der Waals surface area contributed by atoms with Crippen LogP contribution >= 0.6 is 0 Å². The van der Waals surface area contributed by atoms with Crippen molar-refractivity contribution in [3.63, 3.8) is 0 Å². The van der Waals surface area contributed by atoms with E-state index in [2.05, 4.69) is 5.32 Å². The van der Waals surface area contributed by atoms with Crippen LogP contribution < -0.4 is 11.1 Å². The molecule has 4 N–H and O–H groups in total. The Morgan fingerprint density at radius 3 is 2.45 bits per heavy atom. The van der Waals surface area contributed by atoms with Gasteiger partial charge in [0.05, 0.1) is 0 Å². The standard InChI is InChI=1S/C15H22N2O3/c1-2-6-13(15(19)20)17-14(18)10-9-12(16)11-7-4-3-5-8-11/h3-5,7-8,12-13H,2,6,9-10,16H2,1H3,(H,17,18)(H,19,20)/t12?,13-/m0/s1. The van der Waals surface area contributed by atoms with Crippen molar-refractivity contribution in [2.75, 3.05) is 0 Å². The minimum atomic E-state index is -0.993. The van der Waals surface area contributed by atoms with E-state index in [1.54, 1.807) is 0 Å². The quantitative estimate of drug-likeness (QED) is 0.676. The summed E-state index contributed by atoms with van der Waals surface area (Å²) in [6, 6.07) is 8.52. The molecule has 0 aromatic heterocycles. The monoisotopic (exact) mass is 278 g/mol. The molecule has 1 aromatic carbocycles. The van der Waals surface area contributed by atoms with Crippen molar-refractivity contribution in [3.05, 3.63) is 35.9 Å². The summed E-state index contributed by atoms with van der Waals surface area (Å²) in [6.07, 6.45) is 1.87. The molecule has 0 spiro atoms. The predicted molar refractivity (Wildman–Crippen MR) is 77.1 cm³/mol. The summed E-state index contributed by atoms with van der Waals surface area (Å²) in [5.74, 6) is -1.26. The smallest absolute Gasteiger partial charge is 0.326 e. The number of rotatable bonds is 8. The van der Waals surface area contributed by atoms with Crippen LogP contribution in [-0.4, -0.2) is 23.0 Å². The first-order chi connectivity index (χ1) is 9.54. The zero-order chi connectivity index (χ0) is 15.0. The lowest BCUT2D eigenvalue weighted by Gasteiger charge is -2.15. The minimum Gasteiger partial charge on any atom is -0.480 e. The molecule has 0 saturated carbocycles. The molecule has 110 valence electrons. The molecule has 2 atom stereocenters. The lowest BCUT2D eigenvalue weighted by atomic mass is 10.0. The predicted octanol–water partition coefficient (Wildman–Crippen LogP) is 1.84. The number of carboxylic acid groups (broad SMARTS) is 1. The molecule has 5 heteroatoms. The fourth-order valence-electron chi connectivity index (χ4n) is 1.97. The summed E-state index contributed by atoms with van der Waals surface area (Å²) >= 11 is 0. The number of hydrogen-bond donors (Lipinski definition) is 3. The molecule has 0 aliphatic carbocycles. The highest BCUT2D eigenvalue weighted by Crippen LogP contribution is 2.15. The first kappa shape index (κ1) is 16.2. The third kappa shape index (κ3) is 5.40. The molecule has 0 bridgehead atoms. The molecule has 1 amide bonds. The summed E-state index contributed by atoms with van der Waals surface area (Å²) in [7, 11) is 0. The van der Waals surface area contributed by atoms with Crippen LogP contribution in [0.4, 0.5) is 0 Å². The zero-order valence-corrected chi connectivity index (χ0v) is 11.7. The summed E-state index contributed by atoms with van der Waals surface area (Å²) in [5.41, 5.74) is 6.97. The van der Waals surface area contributed by atoms with Crippen LogP contribution in [0.2, 0.25) is 0 Å². The van der Waals surface area contributed by atoms with Gasteiger partial charge in [0.15, 0.2) is 0 Å². The van der Waals surface area contributed by atoms with Gasteiger partial charge in [-0.1, -0.05) is 43.7 Å². The summed E-state index contributed by atoms with van der Waals surface area (Å²) in [6.45, 7) is 1.88. The van der Waals surface area contributed by atoms with Gasteiger partial charge in [-0.3, -0.25) is 4.79 Å². The number of hydrogen-bond acceptors (Lipinski definition) is 3. The normalized spacial score (nSPS) is 13.5. The molecular formula is C15H22N2O3. The molecule has 5 nitrogen and oxygen atoms in total. The van der Waals surface area contributed by atoms with Gasteiger partial charge < -0.3 is 16.2 Å². The highest BCUT2D eigenvalue weighted by atomic mass is 16.4. The third-order valence-electron chi connectivity index (χ3n) is 3.12. The molecule has 0 saturated heterocycles. The molecule has 0 heterocycles. The van der Waals surface area contributed by atoms with Gasteiger partial charge in [-0.2, -0.15) is 0 Å². The van der Waals surface area contributed by atoms with Crippen LogP contribution in [0.25, 0.3) is 0 Å². The number of nitrogens with two attached hydrogens (primary N) is 1. The highest BCUT2D eigenvalue weighted by molar-refractivity contribution is 5.83. The SMILES string of the molecule is CCC[C@H](NC(=O)CCC(N)c1ccccc1)C(=O)O. The number of carbonyl (C=O) groups excluding carboxylic acids is 1. The zero-order valence-electron chi connectivity index (χ0n) is 11.7. The first-order valence-corrected chi connectivity index (χ1v) is 6.87. The minimum absolute atomic E-state index is 0.212. The van der Waals surface area contributed by atoms with Crippen molar-refractivity contribution in [2.24, 2.45) is 5.73 Å². The van der Waals surface area contributed by atoms with Crippen molar-refractivity contribution in [2.45, 2.75) is 44.7 Å². The van der Waals surface area contributed by atoms with E-state index in [4.69, 9.17) is 10.8 Å². The summed E-state index contributed by atoms with van der Waals surface area (Å²) < 4.78 is 0. The Balaban J connectivity index is 2.41. The average Bonchev–Trinajstić information content (AvgIpc) is 2.45. The lowest BCUT2D eigenvalue weighted by molar-refractivity contribution is -0.142. The molecule has 0 fully saturated rings. The van der Waals surface area contributed by atoms with Crippen LogP contribution in [0.3, 0.4) is 0 Å². The van der Waals surface area contributed by atoms with E-state index < -0.39 is 12.0 Å². The Bertz CT molecular complexity index is 434. The summed E-state index contributed by atoms with van der Waals surface area (Å²) in [5, 5.41) is 11.5. The van der Waals surface area contributed by atoms with Gasteiger partial charge in [0.2, 0.25) is 5.91 Å². The van der Waals surface area contributed by atoms with Crippen molar-refractivity contribution in [1.82, 2.24) is 5.32 Å². The second-order valence-corrected chi connectivity index (χ2v) is 4.80. The topological polar surface area (TPSA) is 92.4 Å². The van der Waals surface area contributed by atoms with Gasteiger partial charge in [0, 0.05) is 12.5 Å². The van der Waals surface area contributed by atoms with E-state index >= 15 is 0 Å². The van der Waals surface area contributed by atoms with Crippen molar-refractivity contribution in [3.8, 4) is 0 Å². The third-order valence-corrected chi connectivity index (χ3v) is 3.12. The van der Waals surface area contributed by atoms with Gasteiger partial charge in [-0.15, -0.1) is 0 Å². The van der Waals surface area contributed by atoms with Gasteiger partial charge in [0.1, 0.15) is 6.04 Å². The maximum Gasteiger partial charge on any atom is 0.326 e. The number of aliphatic carboxylic acids is 1. The largest absolute Gasteiger partial charge is 0.480 e. The van der Waals surface area contributed by atoms with Crippen LogP contribution in [0, 0.1) is 0 Å². The number of amides is 1. The van der Waals surface area contributed by atoms with E-state index in [1.807, 2.05) is 37.3 Å². The molecule has 0 radical (unpaired) electrons. The van der Waals surface area contributed by atoms with Gasteiger partial charge in [-0.05, 0) is 18.4 Å². The van der Waals surface area contributed by atoms with Gasteiger partial charge >= 0.3 is 5.97 Å². The maximum atomic E-state index is 11.7. The van der Waals surface area contributed by atoms with E-state index in [-0.39, 0.29) is 18.4 Å². The van der Waals surface area contributed by atoms with Crippen molar-refractivity contribution < 1.29 is 14.7 Å². The maximum absolute atomic E-state index is 11.7. The molecule has 0 aliphatic heterocycles. The van der Waals surface area contributed by atoms with Crippen LogP contribution in [0.5, 0.6) is 0 Å². The van der Waals surface area contributed by atoms with Gasteiger partial charge in [-0.25, -0.2) is 4.79 Å². The van der Waals surface area contributed by atoms with Crippen molar-refractivity contribution >= 4 is 11.9 Å². The van der Waals surface area contributed by atoms with Gasteiger partial charge in [0.25, 0.3) is 0 Å². The molecule has 1 unspecified atom stereocenters. The fraction of sp³-hybridized carbons (Fsp3) is 0.467. The van der Waals surface area contributed by atoms with Crippen LogP contribution in [-0.2, 0) is 9.59 Å². The number of benzene rings is 1. The Morgan fingerprint density at radius 2 is 1.90 bits per heavy atom.